The maximum absolute atomic E-state index is 6.34. The zero-order valence-electron chi connectivity index (χ0n) is 13.8. The number of thiocarbonyl (C=S) groups is 1. The Morgan fingerprint density at radius 3 is 2.75 bits per heavy atom. The molecule has 1 N–H and O–H groups in total. The van der Waals surface area contributed by atoms with Crippen LogP contribution in [0.3, 0.4) is 0 Å². The van der Waals surface area contributed by atoms with Crippen LogP contribution in [0.25, 0.3) is 0 Å². The highest BCUT2D eigenvalue weighted by Gasteiger charge is 2.12. The van der Waals surface area contributed by atoms with Gasteiger partial charge >= 0.3 is 0 Å². The van der Waals surface area contributed by atoms with E-state index in [1.165, 1.54) is 18.2 Å². The molecule has 3 nitrogen and oxygen atoms in total. The van der Waals surface area contributed by atoms with Crippen LogP contribution in [0, 0.1) is 6.92 Å². The molecule has 0 fully saturated rings. The fourth-order valence-electron chi connectivity index (χ4n) is 2.32. The third-order valence-electron chi connectivity index (χ3n) is 3.68. The zero-order chi connectivity index (χ0) is 17.7. The molecule has 6 heteroatoms. The lowest BCUT2D eigenvalue weighted by Crippen LogP contribution is -2.13. The molecule has 0 heterocycles. The van der Waals surface area contributed by atoms with Crippen LogP contribution < -0.4 is 10.1 Å². The molecule has 0 aliphatic carbocycles. The van der Waals surface area contributed by atoms with Crippen molar-refractivity contribution in [2.45, 2.75) is 26.9 Å². The summed E-state index contributed by atoms with van der Waals surface area (Å²) in [5.74, 6) is 0.669. The second kappa shape index (κ2) is 8.70. The average molecular weight is 429 g/mol. The van der Waals surface area contributed by atoms with Crippen LogP contribution >= 0.6 is 39.7 Å². The molecule has 0 radical (unpaired) electrons. The van der Waals surface area contributed by atoms with Gasteiger partial charge in [-0.1, -0.05) is 40.5 Å². The van der Waals surface area contributed by atoms with Crippen LogP contribution in [-0.4, -0.2) is 12.3 Å². The lowest BCUT2D eigenvalue weighted by molar-refractivity contribution is 0.306. The van der Waals surface area contributed by atoms with Crippen molar-refractivity contribution < 1.29 is 9.47 Å². The van der Waals surface area contributed by atoms with Gasteiger partial charge in [0, 0.05) is 15.7 Å². The van der Waals surface area contributed by atoms with Crippen molar-refractivity contribution in [3.05, 3.63) is 56.5 Å². The van der Waals surface area contributed by atoms with Gasteiger partial charge in [-0.05, 0) is 61.0 Å². The quantitative estimate of drug-likeness (QED) is 0.601. The first-order valence-corrected chi connectivity index (χ1v) is 9.08. The van der Waals surface area contributed by atoms with E-state index >= 15 is 0 Å². The number of methoxy groups -OCH3 is 1. The SMILES string of the molecule is CCc1cc(Cl)c(OCc2c(Br)cccc2NC(=S)OC)cc1C. The molecule has 0 saturated heterocycles. The number of ether oxygens (including phenoxy) is 2. The maximum atomic E-state index is 6.34. The minimum absolute atomic E-state index is 0.301. The number of hydrogen-bond acceptors (Lipinski definition) is 3. The van der Waals surface area contributed by atoms with Crippen molar-refractivity contribution in [1.29, 1.82) is 0 Å². The molecule has 0 amide bonds. The normalized spacial score (nSPS) is 10.4. The summed E-state index contributed by atoms with van der Waals surface area (Å²) in [6.45, 7) is 4.52. The van der Waals surface area contributed by atoms with E-state index in [9.17, 15) is 0 Å². The van der Waals surface area contributed by atoms with E-state index in [0.717, 1.165) is 22.1 Å². The van der Waals surface area contributed by atoms with Crippen LogP contribution in [0.1, 0.15) is 23.6 Å². The molecule has 2 aromatic carbocycles. The molecule has 0 unspecified atom stereocenters. The zero-order valence-corrected chi connectivity index (χ0v) is 16.9. The minimum Gasteiger partial charge on any atom is -0.487 e. The Labute approximate surface area is 161 Å². The molecule has 0 aliphatic rings. The predicted octanol–water partition coefficient (Wildman–Crippen LogP) is 5.90. The molecule has 0 atom stereocenters. The molecule has 0 bridgehead atoms. The van der Waals surface area contributed by atoms with Gasteiger partial charge in [-0.15, -0.1) is 0 Å². The molecule has 0 spiro atoms. The standard InChI is InChI=1S/C18H19BrClNO2S/c1-4-12-9-15(20)17(8-11(12)2)23-10-13-14(19)6-5-7-16(13)21-18(24)22-3/h5-9H,4,10H2,1-3H3,(H,21,24). The Hall–Kier alpha value is -1.30. The highest BCUT2D eigenvalue weighted by atomic mass is 79.9. The minimum atomic E-state index is 0.301. The van der Waals surface area contributed by atoms with Crippen LogP contribution in [0.15, 0.2) is 34.8 Å². The number of aryl methyl sites for hydroxylation is 2. The highest BCUT2D eigenvalue weighted by Crippen LogP contribution is 2.31. The molecule has 0 saturated carbocycles. The Morgan fingerprint density at radius 2 is 2.08 bits per heavy atom. The van der Waals surface area contributed by atoms with Crippen molar-refractivity contribution in [1.82, 2.24) is 0 Å². The largest absolute Gasteiger partial charge is 0.487 e. The second-order valence-electron chi connectivity index (χ2n) is 5.23. The molecular formula is C18H19BrClNO2S. The summed E-state index contributed by atoms with van der Waals surface area (Å²) in [7, 11) is 1.53. The summed E-state index contributed by atoms with van der Waals surface area (Å²) in [6, 6.07) is 9.73. The number of benzene rings is 2. The smallest absolute Gasteiger partial charge is 0.260 e. The van der Waals surface area contributed by atoms with Gasteiger partial charge in [0.25, 0.3) is 5.17 Å². The summed E-state index contributed by atoms with van der Waals surface area (Å²) in [4.78, 5) is 0. The van der Waals surface area contributed by atoms with E-state index in [1.807, 2.05) is 30.3 Å². The van der Waals surface area contributed by atoms with Crippen molar-refractivity contribution in [3.8, 4) is 5.75 Å². The number of nitrogens with one attached hydrogen (secondary N) is 1. The summed E-state index contributed by atoms with van der Waals surface area (Å²) in [5, 5.41) is 3.97. The first kappa shape index (κ1) is 19.0. The highest BCUT2D eigenvalue weighted by molar-refractivity contribution is 9.10. The molecule has 0 aliphatic heterocycles. The predicted molar refractivity (Wildman–Crippen MR) is 107 cm³/mol. The summed E-state index contributed by atoms with van der Waals surface area (Å²) in [6.07, 6.45) is 0.943. The number of rotatable bonds is 5. The van der Waals surface area contributed by atoms with Crippen LogP contribution in [-0.2, 0) is 17.8 Å². The number of halogens is 2. The summed E-state index contributed by atoms with van der Waals surface area (Å²) in [5.41, 5.74) is 4.16. The van der Waals surface area contributed by atoms with E-state index in [-0.39, 0.29) is 0 Å². The summed E-state index contributed by atoms with van der Waals surface area (Å²) >= 11 is 15.0. The Bertz CT molecular complexity index is 752. The van der Waals surface area contributed by atoms with E-state index < -0.39 is 0 Å². The van der Waals surface area contributed by atoms with E-state index in [2.05, 4.69) is 35.1 Å². The van der Waals surface area contributed by atoms with Crippen molar-refractivity contribution in [3.63, 3.8) is 0 Å². The molecule has 2 aromatic rings. The van der Waals surface area contributed by atoms with Gasteiger partial charge in [0.1, 0.15) is 12.4 Å². The van der Waals surface area contributed by atoms with Gasteiger partial charge in [0.05, 0.1) is 12.1 Å². The van der Waals surface area contributed by atoms with Gasteiger partial charge in [0.2, 0.25) is 0 Å². The third-order valence-corrected chi connectivity index (χ3v) is 4.99. The molecule has 128 valence electrons. The van der Waals surface area contributed by atoms with E-state index in [0.29, 0.717) is 22.6 Å². The lowest BCUT2D eigenvalue weighted by atomic mass is 10.1. The molecular weight excluding hydrogens is 410 g/mol. The van der Waals surface area contributed by atoms with Crippen LogP contribution in [0.2, 0.25) is 5.02 Å². The second-order valence-corrected chi connectivity index (χ2v) is 6.87. The third kappa shape index (κ3) is 4.62. The van der Waals surface area contributed by atoms with Gasteiger partial charge in [-0.3, -0.25) is 0 Å². The fourth-order valence-corrected chi connectivity index (χ4v) is 3.15. The molecule has 24 heavy (non-hydrogen) atoms. The van der Waals surface area contributed by atoms with E-state index in [1.54, 1.807) is 0 Å². The first-order valence-electron chi connectivity index (χ1n) is 7.50. The van der Waals surface area contributed by atoms with Crippen LogP contribution in [0.4, 0.5) is 5.69 Å². The van der Waals surface area contributed by atoms with E-state index in [4.69, 9.17) is 33.3 Å². The monoisotopic (exact) mass is 427 g/mol. The molecule has 0 aromatic heterocycles. The Kier molecular flexibility index (Phi) is 6.90. The average Bonchev–Trinajstić information content (AvgIpc) is 2.56. The van der Waals surface area contributed by atoms with Crippen LogP contribution in [0.5, 0.6) is 5.75 Å². The summed E-state index contributed by atoms with van der Waals surface area (Å²) < 4.78 is 11.9. The van der Waals surface area contributed by atoms with Crippen molar-refractivity contribution >= 4 is 50.6 Å². The maximum Gasteiger partial charge on any atom is 0.260 e. The van der Waals surface area contributed by atoms with Gasteiger partial charge in [0.15, 0.2) is 0 Å². The fraction of sp³-hybridized carbons (Fsp3) is 0.278. The van der Waals surface area contributed by atoms with Gasteiger partial charge in [-0.2, -0.15) is 0 Å². The topological polar surface area (TPSA) is 30.5 Å². The first-order chi connectivity index (χ1) is 11.5. The van der Waals surface area contributed by atoms with Gasteiger partial charge < -0.3 is 14.8 Å². The number of hydrogen-bond donors (Lipinski definition) is 1. The van der Waals surface area contributed by atoms with Crippen molar-refractivity contribution in [2.75, 3.05) is 12.4 Å². The Morgan fingerprint density at radius 1 is 1.33 bits per heavy atom. The van der Waals surface area contributed by atoms with Gasteiger partial charge in [-0.25, -0.2) is 0 Å². The molecule has 2 rings (SSSR count). The Balaban J connectivity index is 2.23. The number of anilines is 1. The van der Waals surface area contributed by atoms with Crippen molar-refractivity contribution in [2.24, 2.45) is 0 Å². The lowest BCUT2D eigenvalue weighted by Gasteiger charge is -2.16.